The summed E-state index contributed by atoms with van der Waals surface area (Å²) in [5.41, 5.74) is 2.53. The standard InChI is InChI=1S/C22H23ClN2O4/c1-27-17-4-5-18-14(13-29-21(18)11-17)9-22(26)24-16-7-8-25(12-16)19-10-15(23)3-6-20(19)28-2/h3-6,10-11,13,16H,7-9,12H2,1-2H3,(H,24,26). The van der Waals surface area contributed by atoms with Crippen molar-refractivity contribution in [3.63, 3.8) is 0 Å². The van der Waals surface area contributed by atoms with E-state index in [4.69, 9.17) is 25.5 Å². The van der Waals surface area contributed by atoms with E-state index in [0.717, 1.165) is 41.1 Å². The van der Waals surface area contributed by atoms with Gasteiger partial charge in [-0.1, -0.05) is 11.6 Å². The molecule has 7 heteroatoms. The Hall–Kier alpha value is -2.86. The summed E-state index contributed by atoms with van der Waals surface area (Å²) in [7, 11) is 3.26. The third-order valence-corrected chi connectivity index (χ3v) is 5.48. The first-order valence-electron chi connectivity index (χ1n) is 9.49. The second kappa shape index (κ2) is 8.25. The Morgan fingerprint density at radius 2 is 2.10 bits per heavy atom. The number of carbonyl (C=O) groups is 1. The van der Waals surface area contributed by atoms with Gasteiger partial charge < -0.3 is 24.1 Å². The van der Waals surface area contributed by atoms with Crippen molar-refractivity contribution in [3.8, 4) is 11.5 Å². The monoisotopic (exact) mass is 414 g/mol. The number of nitrogens with zero attached hydrogens (tertiary/aromatic N) is 1. The molecule has 1 aliphatic rings. The third-order valence-electron chi connectivity index (χ3n) is 5.25. The number of carbonyl (C=O) groups excluding carboxylic acids is 1. The van der Waals surface area contributed by atoms with E-state index in [0.29, 0.717) is 17.2 Å². The highest BCUT2D eigenvalue weighted by molar-refractivity contribution is 6.30. The van der Waals surface area contributed by atoms with Crippen molar-refractivity contribution in [1.82, 2.24) is 5.32 Å². The normalized spacial score (nSPS) is 16.2. The molecule has 2 heterocycles. The fourth-order valence-electron chi connectivity index (χ4n) is 3.79. The second-order valence-corrected chi connectivity index (χ2v) is 7.55. The molecule has 1 saturated heterocycles. The van der Waals surface area contributed by atoms with Crippen LogP contribution < -0.4 is 19.7 Å². The number of amides is 1. The van der Waals surface area contributed by atoms with Gasteiger partial charge in [0.2, 0.25) is 5.91 Å². The predicted molar refractivity (Wildman–Crippen MR) is 113 cm³/mol. The van der Waals surface area contributed by atoms with Crippen LogP contribution in [0.25, 0.3) is 11.0 Å². The largest absolute Gasteiger partial charge is 0.497 e. The summed E-state index contributed by atoms with van der Waals surface area (Å²) in [6.07, 6.45) is 2.78. The topological polar surface area (TPSA) is 63.9 Å². The molecule has 1 atom stereocenters. The molecule has 0 aliphatic carbocycles. The minimum absolute atomic E-state index is 0.0200. The SMILES string of the molecule is COc1ccc2c(CC(=O)NC3CCN(c4cc(Cl)ccc4OC)C3)coc2c1. The lowest BCUT2D eigenvalue weighted by Gasteiger charge is -2.21. The molecule has 0 bridgehead atoms. The van der Waals surface area contributed by atoms with Crippen molar-refractivity contribution in [2.75, 3.05) is 32.2 Å². The first-order valence-corrected chi connectivity index (χ1v) is 9.87. The minimum Gasteiger partial charge on any atom is -0.497 e. The molecule has 1 N–H and O–H groups in total. The van der Waals surface area contributed by atoms with Gasteiger partial charge in [0.1, 0.15) is 17.1 Å². The Morgan fingerprint density at radius 3 is 2.90 bits per heavy atom. The van der Waals surface area contributed by atoms with Crippen LogP contribution in [0.4, 0.5) is 5.69 Å². The molecule has 0 spiro atoms. The van der Waals surface area contributed by atoms with Crippen LogP contribution in [0.2, 0.25) is 5.02 Å². The van der Waals surface area contributed by atoms with Crippen LogP contribution in [-0.4, -0.2) is 39.3 Å². The van der Waals surface area contributed by atoms with E-state index < -0.39 is 0 Å². The summed E-state index contributed by atoms with van der Waals surface area (Å²) >= 11 is 6.15. The summed E-state index contributed by atoms with van der Waals surface area (Å²) in [4.78, 5) is 14.8. The molecule has 1 aliphatic heterocycles. The lowest BCUT2D eigenvalue weighted by Crippen LogP contribution is -2.38. The fraction of sp³-hybridized carbons (Fsp3) is 0.318. The zero-order valence-corrected chi connectivity index (χ0v) is 17.2. The van der Waals surface area contributed by atoms with Gasteiger partial charge in [0.15, 0.2) is 0 Å². The van der Waals surface area contributed by atoms with Crippen molar-refractivity contribution in [3.05, 3.63) is 53.2 Å². The number of ether oxygens (including phenoxy) is 2. The summed E-state index contributed by atoms with van der Waals surface area (Å²) in [5, 5.41) is 4.73. The van der Waals surface area contributed by atoms with Gasteiger partial charge in [-0.25, -0.2) is 0 Å². The van der Waals surface area contributed by atoms with Crippen molar-refractivity contribution in [1.29, 1.82) is 0 Å². The molecule has 1 fully saturated rings. The van der Waals surface area contributed by atoms with E-state index in [1.54, 1.807) is 20.5 Å². The minimum atomic E-state index is -0.0200. The van der Waals surface area contributed by atoms with Gasteiger partial charge in [0.05, 0.1) is 32.6 Å². The zero-order valence-electron chi connectivity index (χ0n) is 16.4. The number of methoxy groups -OCH3 is 2. The van der Waals surface area contributed by atoms with E-state index in [1.165, 1.54) is 0 Å². The van der Waals surface area contributed by atoms with Gasteiger partial charge in [-0.3, -0.25) is 4.79 Å². The lowest BCUT2D eigenvalue weighted by molar-refractivity contribution is -0.121. The molecule has 1 unspecified atom stereocenters. The summed E-state index contributed by atoms with van der Waals surface area (Å²) in [5.74, 6) is 1.49. The summed E-state index contributed by atoms with van der Waals surface area (Å²) in [6, 6.07) is 11.3. The number of rotatable bonds is 6. The first kappa shape index (κ1) is 19.5. The lowest BCUT2D eigenvalue weighted by atomic mass is 10.1. The molecule has 3 aromatic rings. The van der Waals surface area contributed by atoms with Gasteiger partial charge in [-0.05, 0) is 36.8 Å². The average Bonchev–Trinajstić information content (AvgIpc) is 3.34. The molecule has 2 aromatic carbocycles. The highest BCUT2D eigenvalue weighted by atomic mass is 35.5. The molecule has 29 heavy (non-hydrogen) atoms. The molecule has 0 saturated carbocycles. The van der Waals surface area contributed by atoms with E-state index in [-0.39, 0.29) is 18.4 Å². The molecule has 0 radical (unpaired) electrons. The zero-order chi connectivity index (χ0) is 20.4. The van der Waals surface area contributed by atoms with Gasteiger partial charge in [-0.2, -0.15) is 0 Å². The molecule has 1 amide bonds. The molecular formula is C22H23ClN2O4. The fourth-order valence-corrected chi connectivity index (χ4v) is 3.95. The number of hydrogen-bond acceptors (Lipinski definition) is 5. The molecule has 6 nitrogen and oxygen atoms in total. The van der Waals surface area contributed by atoms with Gasteiger partial charge in [-0.15, -0.1) is 0 Å². The van der Waals surface area contributed by atoms with E-state index in [1.807, 2.05) is 36.4 Å². The quantitative estimate of drug-likeness (QED) is 0.659. The Balaban J connectivity index is 1.39. The second-order valence-electron chi connectivity index (χ2n) is 7.12. The van der Waals surface area contributed by atoms with Crippen molar-refractivity contribution in [2.24, 2.45) is 0 Å². The van der Waals surface area contributed by atoms with Crippen LogP contribution in [0.3, 0.4) is 0 Å². The van der Waals surface area contributed by atoms with Crippen LogP contribution in [0, 0.1) is 0 Å². The summed E-state index contributed by atoms with van der Waals surface area (Å²) in [6.45, 7) is 1.54. The highest BCUT2D eigenvalue weighted by Crippen LogP contribution is 2.33. The van der Waals surface area contributed by atoms with Crippen molar-refractivity contribution in [2.45, 2.75) is 18.9 Å². The Kier molecular flexibility index (Phi) is 5.53. The average molecular weight is 415 g/mol. The maximum Gasteiger partial charge on any atom is 0.224 e. The van der Waals surface area contributed by atoms with Gasteiger partial charge >= 0.3 is 0 Å². The van der Waals surface area contributed by atoms with Crippen molar-refractivity contribution < 1.29 is 18.7 Å². The van der Waals surface area contributed by atoms with E-state index in [9.17, 15) is 4.79 Å². The van der Waals surface area contributed by atoms with E-state index >= 15 is 0 Å². The summed E-state index contributed by atoms with van der Waals surface area (Å²) < 4.78 is 16.2. The number of hydrogen-bond donors (Lipinski definition) is 1. The molecular weight excluding hydrogens is 392 g/mol. The Morgan fingerprint density at radius 1 is 1.24 bits per heavy atom. The van der Waals surface area contributed by atoms with Crippen LogP contribution in [0.1, 0.15) is 12.0 Å². The number of anilines is 1. The molecule has 1 aromatic heterocycles. The molecule has 4 rings (SSSR count). The van der Waals surface area contributed by atoms with Crippen LogP contribution in [0.5, 0.6) is 11.5 Å². The Labute approximate surface area is 174 Å². The third kappa shape index (κ3) is 4.12. The predicted octanol–water partition coefficient (Wildman–Crippen LogP) is 4.04. The maximum absolute atomic E-state index is 12.6. The van der Waals surface area contributed by atoms with Gasteiger partial charge in [0, 0.05) is 41.2 Å². The van der Waals surface area contributed by atoms with Crippen LogP contribution >= 0.6 is 11.6 Å². The number of nitrogens with one attached hydrogen (secondary N) is 1. The molecule has 152 valence electrons. The maximum atomic E-state index is 12.6. The van der Waals surface area contributed by atoms with Gasteiger partial charge in [0.25, 0.3) is 0 Å². The van der Waals surface area contributed by atoms with Crippen LogP contribution in [-0.2, 0) is 11.2 Å². The Bertz CT molecular complexity index is 1030. The number of fused-ring (bicyclic) bond motifs is 1. The number of furan rings is 1. The number of halogens is 1. The van der Waals surface area contributed by atoms with Crippen molar-refractivity contribution >= 4 is 34.2 Å². The highest BCUT2D eigenvalue weighted by Gasteiger charge is 2.26. The number of benzene rings is 2. The first-order chi connectivity index (χ1) is 14.1. The van der Waals surface area contributed by atoms with Crippen LogP contribution in [0.15, 0.2) is 47.1 Å². The smallest absolute Gasteiger partial charge is 0.224 e. The van der Waals surface area contributed by atoms with E-state index in [2.05, 4.69) is 10.2 Å².